The molecule has 0 atom stereocenters. The van der Waals surface area contributed by atoms with Gasteiger partial charge >= 0.3 is 0 Å². The molecule has 21 heavy (non-hydrogen) atoms. The average Bonchev–Trinajstić information content (AvgIpc) is 2.96. The van der Waals surface area contributed by atoms with Crippen LogP contribution < -0.4 is 0 Å². The van der Waals surface area contributed by atoms with Gasteiger partial charge in [0.1, 0.15) is 0 Å². The molecule has 3 aromatic rings. The Hall–Kier alpha value is -1.65. The summed E-state index contributed by atoms with van der Waals surface area (Å²) in [7, 11) is 0. The Morgan fingerprint density at radius 1 is 0.857 bits per heavy atom. The molecule has 0 saturated carbocycles. The van der Waals surface area contributed by atoms with E-state index < -0.39 is 0 Å². The number of aliphatic imine (C=N–C) groups is 1. The van der Waals surface area contributed by atoms with Crippen LogP contribution in [0.25, 0.3) is 5.69 Å². The molecule has 1 aromatic heterocycles. The lowest BCUT2D eigenvalue weighted by atomic mass is 10.3. The molecule has 0 fully saturated rings. The van der Waals surface area contributed by atoms with Crippen LogP contribution in [0.15, 0.2) is 80.8 Å². The van der Waals surface area contributed by atoms with Crippen molar-refractivity contribution in [3.05, 3.63) is 81.5 Å². The molecule has 2 nitrogen and oxygen atoms in total. The van der Waals surface area contributed by atoms with E-state index in [1.54, 1.807) is 0 Å². The fourth-order valence-electron chi connectivity index (χ4n) is 2.03. The second kappa shape index (κ2) is 6.41. The SMILES string of the molecule is Brc1ccc(-n2cccc2C=Nc2ccccc2Br)cc1. The Balaban J connectivity index is 1.93. The maximum absolute atomic E-state index is 4.55. The predicted octanol–water partition coefficient (Wildman–Crippen LogP) is 5.75. The minimum atomic E-state index is 0.918. The molecule has 0 amide bonds. The quantitative estimate of drug-likeness (QED) is 0.495. The van der Waals surface area contributed by atoms with Crippen LogP contribution >= 0.6 is 31.9 Å². The zero-order valence-electron chi connectivity index (χ0n) is 11.1. The molecule has 104 valence electrons. The lowest BCUT2D eigenvalue weighted by Gasteiger charge is -2.06. The fraction of sp³-hybridized carbons (Fsp3) is 0. The van der Waals surface area contributed by atoms with Crippen LogP contribution in [-0.4, -0.2) is 10.8 Å². The van der Waals surface area contributed by atoms with Gasteiger partial charge in [-0.25, -0.2) is 0 Å². The van der Waals surface area contributed by atoms with Crippen LogP contribution in [0.4, 0.5) is 5.69 Å². The summed E-state index contributed by atoms with van der Waals surface area (Å²) in [6, 6.07) is 20.2. The molecule has 1 heterocycles. The third-order valence-corrected chi connectivity index (χ3v) is 4.27. The zero-order valence-corrected chi connectivity index (χ0v) is 14.3. The molecule has 0 bridgehead atoms. The number of benzene rings is 2. The zero-order chi connectivity index (χ0) is 14.7. The van der Waals surface area contributed by atoms with Crippen molar-refractivity contribution >= 4 is 43.8 Å². The van der Waals surface area contributed by atoms with Crippen molar-refractivity contribution < 1.29 is 0 Å². The van der Waals surface area contributed by atoms with Crippen LogP contribution in [0.1, 0.15) is 5.69 Å². The van der Waals surface area contributed by atoms with Crippen LogP contribution in [-0.2, 0) is 0 Å². The Morgan fingerprint density at radius 3 is 2.38 bits per heavy atom. The molecule has 4 heteroatoms. The Bertz CT molecular complexity index is 773. The molecule has 0 spiro atoms. The van der Waals surface area contributed by atoms with E-state index in [0.29, 0.717) is 0 Å². The molecule has 3 rings (SSSR count). The molecule has 0 aliphatic heterocycles. The van der Waals surface area contributed by atoms with E-state index in [4.69, 9.17) is 0 Å². The van der Waals surface area contributed by atoms with Gasteiger partial charge in [0.15, 0.2) is 0 Å². The van der Waals surface area contributed by atoms with Crippen LogP contribution in [0, 0.1) is 0 Å². The summed E-state index contributed by atoms with van der Waals surface area (Å²) in [4.78, 5) is 4.55. The molecular weight excluding hydrogens is 392 g/mol. The van der Waals surface area contributed by atoms with E-state index in [1.807, 2.05) is 60.9 Å². The number of para-hydroxylation sites is 1. The summed E-state index contributed by atoms with van der Waals surface area (Å²) in [5, 5.41) is 0. The highest BCUT2D eigenvalue weighted by Crippen LogP contribution is 2.24. The molecule has 0 N–H and O–H groups in total. The van der Waals surface area contributed by atoms with Gasteiger partial charge in [-0.05, 0) is 64.5 Å². The third kappa shape index (κ3) is 3.34. The summed E-state index contributed by atoms with van der Waals surface area (Å²) in [5.41, 5.74) is 3.06. The fourth-order valence-corrected chi connectivity index (χ4v) is 2.68. The second-order valence-corrected chi connectivity index (χ2v) is 6.26. The first kappa shape index (κ1) is 14.3. The van der Waals surface area contributed by atoms with Crippen molar-refractivity contribution in [3.8, 4) is 5.69 Å². The Labute approximate surface area is 140 Å². The van der Waals surface area contributed by atoms with Crippen molar-refractivity contribution in [2.24, 2.45) is 4.99 Å². The van der Waals surface area contributed by atoms with Gasteiger partial charge in [0.05, 0.1) is 17.6 Å². The van der Waals surface area contributed by atoms with Crippen LogP contribution in [0.5, 0.6) is 0 Å². The number of nitrogens with zero attached hydrogens (tertiary/aromatic N) is 2. The number of hydrogen-bond donors (Lipinski definition) is 0. The lowest BCUT2D eigenvalue weighted by molar-refractivity contribution is 1.07. The normalized spacial score (nSPS) is 11.1. The molecule has 0 radical (unpaired) electrons. The molecule has 0 unspecified atom stereocenters. The second-order valence-electron chi connectivity index (χ2n) is 4.49. The maximum Gasteiger partial charge on any atom is 0.0772 e. The standard InChI is InChI=1S/C17H12Br2N2/c18-13-7-9-14(10-8-13)21-11-3-4-15(21)12-20-17-6-2-1-5-16(17)19/h1-12H. The van der Waals surface area contributed by atoms with Crippen molar-refractivity contribution in [2.75, 3.05) is 0 Å². The molecule has 0 saturated heterocycles. The molecular formula is C17H12Br2N2. The van der Waals surface area contributed by atoms with Gasteiger partial charge in [-0.1, -0.05) is 28.1 Å². The highest BCUT2D eigenvalue weighted by Gasteiger charge is 2.01. The summed E-state index contributed by atoms with van der Waals surface area (Å²) >= 11 is 6.96. The van der Waals surface area contributed by atoms with Crippen LogP contribution in [0.3, 0.4) is 0 Å². The molecule has 2 aromatic carbocycles. The predicted molar refractivity (Wildman–Crippen MR) is 94.9 cm³/mol. The first-order valence-electron chi connectivity index (χ1n) is 6.46. The third-order valence-electron chi connectivity index (χ3n) is 3.07. The van der Waals surface area contributed by atoms with Gasteiger partial charge in [-0.15, -0.1) is 0 Å². The lowest BCUT2D eigenvalue weighted by Crippen LogP contribution is -1.97. The van der Waals surface area contributed by atoms with Gasteiger partial charge in [-0.2, -0.15) is 0 Å². The largest absolute Gasteiger partial charge is 0.316 e. The summed E-state index contributed by atoms with van der Waals surface area (Å²) < 4.78 is 4.16. The number of hydrogen-bond acceptors (Lipinski definition) is 1. The topological polar surface area (TPSA) is 17.3 Å². The van der Waals surface area contributed by atoms with E-state index >= 15 is 0 Å². The summed E-state index contributed by atoms with van der Waals surface area (Å²) in [5.74, 6) is 0. The smallest absolute Gasteiger partial charge is 0.0772 e. The van der Waals surface area contributed by atoms with Gasteiger partial charge in [0, 0.05) is 20.8 Å². The van der Waals surface area contributed by atoms with Crippen molar-refractivity contribution in [2.45, 2.75) is 0 Å². The average molecular weight is 404 g/mol. The van der Waals surface area contributed by atoms with Gasteiger partial charge in [0.2, 0.25) is 0 Å². The van der Waals surface area contributed by atoms with Gasteiger partial charge in [0.25, 0.3) is 0 Å². The Morgan fingerprint density at radius 2 is 1.62 bits per heavy atom. The highest BCUT2D eigenvalue weighted by atomic mass is 79.9. The van der Waals surface area contributed by atoms with Gasteiger partial charge in [-0.3, -0.25) is 4.99 Å². The number of halogens is 2. The summed E-state index contributed by atoms with van der Waals surface area (Å²) in [6.07, 6.45) is 3.91. The van der Waals surface area contributed by atoms with Crippen molar-refractivity contribution in [3.63, 3.8) is 0 Å². The minimum absolute atomic E-state index is 0.918. The monoisotopic (exact) mass is 402 g/mol. The minimum Gasteiger partial charge on any atom is -0.316 e. The van der Waals surface area contributed by atoms with E-state index in [-0.39, 0.29) is 0 Å². The number of rotatable bonds is 3. The van der Waals surface area contributed by atoms with E-state index in [2.05, 4.69) is 53.6 Å². The van der Waals surface area contributed by atoms with E-state index in [1.165, 1.54) is 0 Å². The van der Waals surface area contributed by atoms with Crippen LogP contribution in [0.2, 0.25) is 0 Å². The Kier molecular flexibility index (Phi) is 4.36. The highest BCUT2D eigenvalue weighted by molar-refractivity contribution is 9.10. The maximum atomic E-state index is 4.55. The number of aromatic nitrogens is 1. The molecule has 0 aliphatic rings. The van der Waals surface area contributed by atoms with Gasteiger partial charge < -0.3 is 4.57 Å². The first-order valence-corrected chi connectivity index (χ1v) is 8.04. The van der Waals surface area contributed by atoms with Crippen molar-refractivity contribution in [1.82, 2.24) is 4.57 Å². The molecule has 0 aliphatic carbocycles. The van der Waals surface area contributed by atoms with E-state index in [9.17, 15) is 0 Å². The first-order chi connectivity index (χ1) is 10.2. The van der Waals surface area contributed by atoms with E-state index in [0.717, 1.165) is 26.0 Å². The summed E-state index contributed by atoms with van der Waals surface area (Å²) in [6.45, 7) is 0. The van der Waals surface area contributed by atoms with Crippen molar-refractivity contribution in [1.29, 1.82) is 0 Å².